The Morgan fingerprint density at radius 2 is 2.40 bits per heavy atom. The van der Waals surface area contributed by atoms with E-state index in [1.165, 1.54) is 25.9 Å². The average molecular weight is 141 g/mol. The summed E-state index contributed by atoms with van der Waals surface area (Å²) in [7, 11) is 0. The summed E-state index contributed by atoms with van der Waals surface area (Å²) in [6.45, 7) is 5.74. The first-order chi connectivity index (χ1) is 4.92. The first-order valence-electron chi connectivity index (χ1n) is 4.27. The first kappa shape index (κ1) is 6.62. The standard InChI is InChI=1S/C8H15NO/c1-2-9-5-3-4-7(9)8-6-10-8/h7-8H,2-6H2,1H3/t7-,8+/m0/s1. The number of likely N-dealkylation sites (N-methyl/N-ethyl adjacent to an activating group) is 1. The Bertz CT molecular complexity index is 122. The zero-order valence-corrected chi connectivity index (χ0v) is 6.55. The van der Waals surface area contributed by atoms with Crippen LogP contribution in [0.5, 0.6) is 0 Å². The maximum absolute atomic E-state index is 5.28. The second-order valence-electron chi connectivity index (χ2n) is 3.21. The third-order valence-corrected chi connectivity index (χ3v) is 2.61. The van der Waals surface area contributed by atoms with Crippen LogP contribution in [0.1, 0.15) is 19.8 Å². The zero-order chi connectivity index (χ0) is 6.97. The lowest BCUT2D eigenvalue weighted by Crippen LogP contribution is -2.33. The summed E-state index contributed by atoms with van der Waals surface area (Å²) in [6.07, 6.45) is 3.33. The molecule has 0 radical (unpaired) electrons. The number of epoxide rings is 1. The third-order valence-electron chi connectivity index (χ3n) is 2.61. The van der Waals surface area contributed by atoms with Crippen molar-refractivity contribution in [2.75, 3.05) is 19.7 Å². The molecule has 0 bridgehead atoms. The summed E-state index contributed by atoms with van der Waals surface area (Å²) in [5.74, 6) is 0. The molecule has 0 aromatic rings. The number of hydrogen-bond acceptors (Lipinski definition) is 2. The molecule has 2 aliphatic rings. The van der Waals surface area contributed by atoms with Crippen molar-refractivity contribution in [2.24, 2.45) is 0 Å². The molecule has 0 amide bonds. The average Bonchev–Trinajstić information content (AvgIpc) is 2.69. The number of likely N-dealkylation sites (tertiary alicyclic amines) is 1. The number of ether oxygens (including phenoxy) is 1. The van der Waals surface area contributed by atoms with Crippen molar-refractivity contribution >= 4 is 0 Å². The van der Waals surface area contributed by atoms with Gasteiger partial charge >= 0.3 is 0 Å². The van der Waals surface area contributed by atoms with E-state index in [4.69, 9.17) is 4.74 Å². The number of hydrogen-bond donors (Lipinski definition) is 0. The van der Waals surface area contributed by atoms with Crippen molar-refractivity contribution in [2.45, 2.75) is 31.9 Å². The van der Waals surface area contributed by atoms with Crippen LogP contribution in [-0.4, -0.2) is 36.7 Å². The Kier molecular flexibility index (Phi) is 1.66. The molecular formula is C8H15NO. The van der Waals surface area contributed by atoms with Crippen LogP contribution in [0.4, 0.5) is 0 Å². The summed E-state index contributed by atoms with van der Waals surface area (Å²) in [5, 5.41) is 0. The molecule has 0 unspecified atom stereocenters. The summed E-state index contributed by atoms with van der Waals surface area (Å²) in [6, 6.07) is 0.769. The fourth-order valence-electron chi connectivity index (χ4n) is 1.94. The summed E-state index contributed by atoms with van der Waals surface area (Å²) < 4.78 is 5.28. The molecule has 0 N–H and O–H groups in total. The minimum atomic E-state index is 0.599. The van der Waals surface area contributed by atoms with Gasteiger partial charge < -0.3 is 4.74 Å². The molecule has 0 aromatic carbocycles. The SMILES string of the molecule is CCN1CCC[C@H]1[C@H]1CO1. The van der Waals surface area contributed by atoms with Crippen LogP contribution < -0.4 is 0 Å². The Hall–Kier alpha value is -0.0800. The van der Waals surface area contributed by atoms with Gasteiger partial charge in [0.25, 0.3) is 0 Å². The monoisotopic (exact) mass is 141 g/mol. The lowest BCUT2D eigenvalue weighted by atomic mass is 10.1. The normalized spacial score (nSPS) is 40.5. The van der Waals surface area contributed by atoms with E-state index in [2.05, 4.69) is 11.8 Å². The van der Waals surface area contributed by atoms with Crippen molar-refractivity contribution in [3.63, 3.8) is 0 Å². The highest BCUT2D eigenvalue weighted by Gasteiger charge is 2.38. The van der Waals surface area contributed by atoms with Gasteiger partial charge in [-0.15, -0.1) is 0 Å². The summed E-state index contributed by atoms with van der Waals surface area (Å²) in [5.41, 5.74) is 0. The maximum atomic E-state index is 5.28. The van der Waals surface area contributed by atoms with Crippen molar-refractivity contribution in [1.82, 2.24) is 4.90 Å². The second kappa shape index (κ2) is 2.51. The molecule has 0 aromatic heterocycles. The van der Waals surface area contributed by atoms with E-state index >= 15 is 0 Å². The van der Waals surface area contributed by atoms with Crippen molar-refractivity contribution in [1.29, 1.82) is 0 Å². The molecule has 2 atom stereocenters. The largest absolute Gasteiger partial charge is 0.371 e. The molecule has 2 saturated heterocycles. The van der Waals surface area contributed by atoms with Gasteiger partial charge in [0.05, 0.1) is 12.7 Å². The van der Waals surface area contributed by atoms with Crippen LogP contribution in [0, 0.1) is 0 Å². The topological polar surface area (TPSA) is 15.8 Å². The predicted octanol–water partition coefficient (Wildman–Crippen LogP) is 0.869. The Balaban J connectivity index is 1.91. The lowest BCUT2D eigenvalue weighted by molar-refractivity contribution is 0.217. The van der Waals surface area contributed by atoms with Crippen molar-refractivity contribution in [3.8, 4) is 0 Å². The first-order valence-corrected chi connectivity index (χ1v) is 4.27. The van der Waals surface area contributed by atoms with Gasteiger partial charge in [-0.1, -0.05) is 6.92 Å². The highest BCUT2D eigenvalue weighted by Crippen LogP contribution is 2.27. The molecule has 0 saturated carbocycles. The minimum absolute atomic E-state index is 0.599. The van der Waals surface area contributed by atoms with Gasteiger partial charge in [0.2, 0.25) is 0 Å². The van der Waals surface area contributed by atoms with Crippen LogP contribution in [0.15, 0.2) is 0 Å². The maximum Gasteiger partial charge on any atom is 0.0964 e. The van der Waals surface area contributed by atoms with E-state index in [0.29, 0.717) is 6.10 Å². The zero-order valence-electron chi connectivity index (χ0n) is 6.55. The van der Waals surface area contributed by atoms with Crippen molar-refractivity contribution < 1.29 is 4.74 Å². The molecular weight excluding hydrogens is 126 g/mol. The smallest absolute Gasteiger partial charge is 0.0964 e. The van der Waals surface area contributed by atoms with Crippen molar-refractivity contribution in [3.05, 3.63) is 0 Å². The van der Waals surface area contributed by atoms with Gasteiger partial charge in [0, 0.05) is 6.04 Å². The van der Waals surface area contributed by atoms with Crippen LogP contribution in [0.25, 0.3) is 0 Å². The Morgan fingerprint density at radius 3 is 3.00 bits per heavy atom. The molecule has 2 fully saturated rings. The van der Waals surface area contributed by atoms with Crippen LogP contribution in [0.2, 0.25) is 0 Å². The highest BCUT2D eigenvalue weighted by atomic mass is 16.6. The van der Waals surface area contributed by atoms with Gasteiger partial charge in [-0.05, 0) is 25.9 Å². The van der Waals surface area contributed by atoms with E-state index in [9.17, 15) is 0 Å². The number of rotatable bonds is 2. The molecule has 2 heteroatoms. The fourth-order valence-corrected chi connectivity index (χ4v) is 1.94. The van der Waals surface area contributed by atoms with E-state index in [1.807, 2.05) is 0 Å². The fraction of sp³-hybridized carbons (Fsp3) is 1.00. The van der Waals surface area contributed by atoms with Gasteiger partial charge in [-0.2, -0.15) is 0 Å². The van der Waals surface area contributed by atoms with Gasteiger partial charge in [0.15, 0.2) is 0 Å². The second-order valence-corrected chi connectivity index (χ2v) is 3.21. The van der Waals surface area contributed by atoms with Crippen LogP contribution in [0.3, 0.4) is 0 Å². The Labute approximate surface area is 62.2 Å². The number of nitrogens with zero attached hydrogens (tertiary/aromatic N) is 1. The predicted molar refractivity (Wildman–Crippen MR) is 40.0 cm³/mol. The van der Waals surface area contributed by atoms with E-state index in [0.717, 1.165) is 12.6 Å². The minimum Gasteiger partial charge on any atom is -0.371 e. The molecule has 2 nitrogen and oxygen atoms in total. The molecule has 2 aliphatic heterocycles. The van der Waals surface area contributed by atoms with Crippen LogP contribution >= 0.6 is 0 Å². The van der Waals surface area contributed by atoms with E-state index in [1.54, 1.807) is 0 Å². The highest BCUT2D eigenvalue weighted by molar-refractivity contribution is 4.90. The quantitative estimate of drug-likeness (QED) is 0.530. The molecule has 0 aliphatic carbocycles. The van der Waals surface area contributed by atoms with Gasteiger partial charge in [-0.3, -0.25) is 4.90 Å². The molecule has 10 heavy (non-hydrogen) atoms. The molecule has 2 rings (SSSR count). The lowest BCUT2D eigenvalue weighted by Gasteiger charge is -2.20. The Morgan fingerprint density at radius 1 is 1.60 bits per heavy atom. The molecule has 2 heterocycles. The molecule has 58 valence electrons. The van der Waals surface area contributed by atoms with E-state index < -0.39 is 0 Å². The third kappa shape index (κ3) is 1.06. The summed E-state index contributed by atoms with van der Waals surface area (Å²) in [4.78, 5) is 2.54. The van der Waals surface area contributed by atoms with Crippen LogP contribution in [-0.2, 0) is 4.74 Å². The molecule has 0 spiro atoms. The van der Waals surface area contributed by atoms with Gasteiger partial charge in [0.1, 0.15) is 0 Å². The van der Waals surface area contributed by atoms with Gasteiger partial charge in [-0.25, -0.2) is 0 Å². The van der Waals surface area contributed by atoms with E-state index in [-0.39, 0.29) is 0 Å². The summed E-state index contributed by atoms with van der Waals surface area (Å²) >= 11 is 0.